The largest absolute Gasteiger partial charge is 0.350 e. The fourth-order valence-corrected chi connectivity index (χ4v) is 2.53. The van der Waals surface area contributed by atoms with Crippen LogP contribution in [0.3, 0.4) is 0 Å². The van der Waals surface area contributed by atoms with Crippen molar-refractivity contribution in [3.05, 3.63) is 58.4 Å². The molecule has 0 aromatic carbocycles. The van der Waals surface area contributed by atoms with Crippen molar-refractivity contribution >= 4 is 16.8 Å². The van der Waals surface area contributed by atoms with Gasteiger partial charge in [-0.05, 0) is 24.6 Å². The smallest absolute Gasteiger partial charge is 0.277 e. The van der Waals surface area contributed by atoms with E-state index in [1.165, 1.54) is 4.57 Å². The molecule has 0 saturated carbocycles. The maximum Gasteiger partial charge on any atom is 0.277 e. The standard InChI is InChI=1S/C16H17N5O2/c1-11-13-5-7-21(16(23)15(13)20(2)19-11)10-14(22)18-9-12-4-3-6-17-8-12/h3-8H,9-10H2,1-2H3,(H,18,22). The Balaban J connectivity index is 1.76. The lowest BCUT2D eigenvalue weighted by atomic mass is 10.2. The number of amides is 1. The lowest BCUT2D eigenvalue weighted by Gasteiger charge is -2.08. The van der Waals surface area contributed by atoms with Gasteiger partial charge >= 0.3 is 0 Å². The first-order valence-electron chi connectivity index (χ1n) is 7.24. The Morgan fingerprint density at radius 3 is 2.91 bits per heavy atom. The van der Waals surface area contributed by atoms with Gasteiger partial charge in [0.1, 0.15) is 12.1 Å². The Kier molecular flexibility index (Phi) is 3.92. The second-order valence-electron chi connectivity index (χ2n) is 5.36. The molecular weight excluding hydrogens is 294 g/mol. The molecule has 0 bridgehead atoms. The first-order chi connectivity index (χ1) is 11.1. The number of carbonyl (C=O) groups excluding carboxylic acids is 1. The molecule has 3 rings (SSSR count). The number of pyridine rings is 2. The third kappa shape index (κ3) is 2.98. The average molecular weight is 311 g/mol. The fourth-order valence-electron chi connectivity index (χ4n) is 2.53. The minimum absolute atomic E-state index is 0.0285. The van der Waals surface area contributed by atoms with Crippen LogP contribution in [0.1, 0.15) is 11.3 Å². The van der Waals surface area contributed by atoms with E-state index >= 15 is 0 Å². The van der Waals surface area contributed by atoms with Gasteiger partial charge in [0.15, 0.2) is 0 Å². The van der Waals surface area contributed by atoms with Crippen molar-refractivity contribution in [2.75, 3.05) is 0 Å². The molecule has 118 valence electrons. The van der Waals surface area contributed by atoms with Crippen molar-refractivity contribution < 1.29 is 4.79 Å². The van der Waals surface area contributed by atoms with Crippen LogP contribution in [0.15, 0.2) is 41.6 Å². The molecule has 0 aliphatic heterocycles. The molecule has 0 atom stereocenters. The SMILES string of the molecule is Cc1nn(C)c2c(=O)n(CC(=O)NCc3cccnc3)ccc12. The van der Waals surface area contributed by atoms with Gasteiger partial charge in [-0.25, -0.2) is 0 Å². The van der Waals surface area contributed by atoms with Crippen molar-refractivity contribution in [1.29, 1.82) is 0 Å². The maximum atomic E-state index is 12.5. The zero-order chi connectivity index (χ0) is 16.4. The van der Waals surface area contributed by atoms with Crippen LogP contribution in [-0.4, -0.2) is 25.2 Å². The number of aryl methyl sites for hydroxylation is 2. The molecule has 3 heterocycles. The van der Waals surface area contributed by atoms with Gasteiger partial charge in [0.25, 0.3) is 5.56 Å². The highest BCUT2D eigenvalue weighted by atomic mass is 16.2. The maximum absolute atomic E-state index is 12.5. The van der Waals surface area contributed by atoms with Crippen LogP contribution in [0.2, 0.25) is 0 Å². The molecular formula is C16H17N5O2. The van der Waals surface area contributed by atoms with Crippen molar-refractivity contribution in [2.24, 2.45) is 7.05 Å². The first-order valence-corrected chi connectivity index (χ1v) is 7.24. The van der Waals surface area contributed by atoms with Gasteiger partial charge in [-0.2, -0.15) is 5.10 Å². The van der Waals surface area contributed by atoms with E-state index in [4.69, 9.17) is 0 Å². The summed E-state index contributed by atoms with van der Waals surface area (Å²) in [6, 6.07) is 5.50. The molecule has 0 radical (unpaired) electrons. The van der Waals surface area contributed by atoms with Crippen LogP contribution in [0, 0.1) is 6.92 Å². The van der Waals surface area contributed by atoms with E-state index < -0.39 is 0 Å². The number of nitrogens with zero attached hydrogens (tertiary/aromatic N) is 4. The molecule has 7 nitrogen and oxygen atoms in total. The van der Waals surface area contributed by atoms with Crippen LogP contribution in [0.5, 0.6) is 0 Å². The van der Waals surface area contributed by atoms with Crippen molar-refractivity contribution in [2.45, 2.75) is 20.0 Å². The van der Waals surface area contributed by atoms with Crippen LogP contribution < -0.4 is 10.9 Å². The summed E-state index contributed by atoms with van der Waals surface area (Å²) in [7, 11) is 1.73. The topological polar surface area (TPSA) is 81.8 Å². The number of hydrogen-bond donors (Lipinski definition) is 1. The normalized spacial score (nSPS) is 10.9. The quantitative estimate of drug-likeness (QED) is 0.771. The molecule has 0 unspecified atom stereocenters. The third-order valence-electron chi connectivity index (χ3n) is 3.68. The summed E-state index contributed by atoms with van der Waals surface area (Å²) in [5.41, 5.74) is 1.99. The summed E-state index contributed by atoms with van der Waals surface area (Å²) in [4.78, 5) is 28.5. The van der Waals surface area contributed by atoms with Gasteiger partial charge in [0.05, 0.1) is 5.69 Å². The van der Waals surface area contributed by atoms with Crippen molar-refractivity contribution in [3.8, 4) is 0 Å². The van der Waals surface area contributed by atoms with E-state index in [-0.39, 0.29) is 18.0 Å². The van der Waals surface area contributed by atoms with Gasteiger partial charge in [-0.1, -0.05) is 6.07 Å². The third-order valence-corrected chi connectivity index (χ3v) is 3.68. The van der Waals surface area contributed by atoms with E-state index in [1.807, 2.05) is 25.1 Å². The van der Waals surface area contributed by atoms with E-state index in [0.29, 0.717) is 12.1 Å². The number of rotatable bonds is 4. The molecule has 7 heteroatoms. The molecule has 0 saturated heterocycles. The molecule has 3 aromatic rings. The number of fused-ring (bicyclic) bond motifs is 1. The van der Waals surface area contributed by atoms with Crippen molar-refractivity contribution in [1.82, 2.24) is 24.6 Å². The van der Waals surface area contributed by atoms with Crippen LogP contribution in [-0.2, 0) is 24.9 Å². The predicted octanol–water partition coefficient (Wildman–Crippen LogP) is 0.755. The molecule has 1 amide bonds. The van der Waals surface area contributed by atoms with E-state index in [0.717, 1.165) is 16.6 Å². The highest BCUT2D eigenvalue weighted by Gasteiger charge is 2.12. The van der Waals surface area contributed by atoms with Crippen LogP contribution >= 0.6 is 0 Å². The van der Waals surface area contributed by atoms with E-state index in [9.17, 15) is 9.59 Å². The Labute approximate surface area is 132 Å². The summed E-state index contributed by atoms with van der Waals surface area (Å²) >= 11 is 0. The number of hydrogen-bond acceptors (Lipinski definition) is 4. The lowest BCUT2D eigenvalue weighted by molar-refractivity contribution is -0.121. The van der Waals surface area contributed by atoms with Crippen molar-refractivity contribution in [3.63, 3.8) is 0 Å². The molecule has 0 aliphatic carbocycles. The molecule has 23 heavy (non-hydrogen) atoms. The minimum atomic E-state index is -0.228. The zero-order valence-corrected chi connectivity index (χ0v) is 13.0. The van der Waals surface area contributed by atoms with Gasteiger partial charge in [-0.15, -0.1) is 0 Å². The molecule has 0 fully saturated rings. The lowest BCUT2D eigenvalue weighted by Crippen LogP contribution is -2.32. The molecule has 0 aliphatic rings. The fraction of sp³-hybridized carbons (Fsp3) is 0.250. The average Bonchev–Trinajstić information content (AvgIpc) is 2.84. The monoisotopic (exact) mass is 311 g/mol. The zero-order valence-electron chi connectivity index (χ0n) is 13.0. The number of aromatic nitrogens is 4. The second kappa shape index (κ2) is 6.04. The summed E-state index contributed by atoms with van der Waals surface area (Å²) < 4.78 is 2.94. The van der Waals surface area contributed by atoms with Crippen LogP contribution in [0.4, 0.5) is 0 Å². The van der Waals surface area contributed by atoms with Gasteiger partial charge < -0.3 is 9.88 Å². The second-order valence-corrected chi connectivity index (χ2v) is 5.36. The highest BCUT2D eigenvalue weighted by molar-refractivity contribution is 5.81. The summed E-state index contributed by atoms with van der Waals surface area (Å²) in [6.45, 7) is 2.21. The minimum Gasteiger partial charge on any atom is -0.350 e. The van der Waals surface area contributed by atoms with Gasteiger partial charge in [0, 0.05) is 37.6 Å². The Morgan fingerprint density at radius 1 is 1.35 bits per heavy atom. The molecule has 0 spiro atoms. The van der Waals surface area contributed by atoms with Gasteiger partial charge in [0.2, 0.25) is 5.91 Å². The summed E-state index contributed by atoms with van der Waals surface area (Å²) in [5.74, 6) is -0.228. The highest BCUT2D eigenvalue weighted by Crippen LogP contribution is 2.12. The number of carbonyl (C=O) groups is 1. The summed E-state index contributed by atoms with van der Waals surface area (Å²) in [5, 5.41) is 7.83. The van der Waals surface area contributed by atoms with E-state index in [1.54, 1.807) is 30.3 Å². The van der Waals surface area contributed by atoms with Gasteiger partial charge in [-0.3, -0.25) is 19.3 Å². The predicted molar refractivity (Wildman–Crippen MR) is 85.8 cm³/mol. The number of nitrogens with one attached hydrogen (secondary N) is 1. The Morgan fingerprint density at radius 2 is 2.17 bits per heavy atom. The first kappa shape index (κ1) is 15.0. The Bertz CT molecular complexity index is 911. The summed E-state index contributed by atoms with van der Waals surface area (Å²) in [6.07, 6.45) is 5.00. The molecule has 3 aromatic heterocycles. The van der Waals surface area contributed by atoms with E-state index in [2.05, 4.69) is 15.4 Å². The molecule has 1 N–H and O–H groups in total. The van der Waals surface area contributed by atoms with Crippen LogP contribution in [0.25, 0.3) is 10.9 Å². The Hall–Kier alpha value is -2.96.